The normalized spacial score (nSPS) is 17.3. The predicted octanol–water partition coefficient (Wildman–Crippen LogP) is 5.73. The summed E-state index contributed by atoms with van der Waals surface area (Å²) in [6.07, 6.45) is 6.33. The highest BCUT2D eigenvalue weighted by Crippen LogP contribution is 2.34. The molecule has 3 heterocycles. The van der Waals surface area contributed by atoms with Crippen molar-refractivity contribution in [1.82, 2.24) is 14.7 Å². The van der Waals surface area contributed by atoms with E-state index in [0.29, 0.717) is 18.1 Å². The monoisotopic (exact) mass is 504 g/mol. The van der Waals surface area contributed by atoms with Gasteiger partial charge < -0.3 is 9.64 Å². The lowest BCUT2D eigenvalue weighted by atomic mass is 10.1. The van der Waals surface area contributed by atoms with Gasteiger partial charge in [0, 0.05) is 35.3 Å². The van der Waals surface area contributed by atoms with Gasteiger partial charge in [-0.2, -0.15) is 10.1 Å². The molecule has 1 amide bonds. The highest BCUT2D eigenvalue weighted by Gasteiger charge is 2.27. The molecule has 2 aliphatic heterocycles. The van der Waals surface area contributed by atoms with E-state index in [-0.39, 0.29) is 5.91 Å². The van der Waals surface area contributed by atoms with E-state index >= 15 is 0 Å². The number of hydrogen-bond acceptors (Lipinski definition) is 6. The second-order valence-corrected chi connectivity index (χ2v) is 10.5. The summed E-state index contributed by atoms with van der Waals surface area (Å²) in [5.74, 6) is 0.929. The Hall–Kier alpha value is -2.81. The lowest BCUT2D eigenvalue weighted by molar-refractivity contribution is -0.113. The van der Waals surface area contributed by atoms with Gasteiger partial charge in [0.05, 0.1) is 29.5 Å². The van der Waals surface area contributed by atoms with E-state index in [1.807, 2.05) is 59.0 Å². The van der Waals surface area contributed by atoms with Crippen LogP contribution in [0.5, 0.6) is 0 Å². The van der Waals surface area contributed by atoms with Crippen LogP contribution < -0.4 is 0 Å². The molecule has 5 rings (SSSR count). The smallest absolute Gasteiger partial charge is 0.286 e. The third-order valence-electron chi connectivity index (χ3n) is 5.84. The first-order chi connectivity index (χ1) is 17.2. The molecule has 0 N–H and O–H groups in total. The van der Waals surface area contributed by atoms with E-state index in [2.05, 4.69) is 41.1 Å². The van der Waals surface area contributed by atoms with Crippen LogP contribution in [0.15, 0.2) is 75.6 Å². The van der Waals surface area contributed by atoms with Crippen molar-refractivity contribution in [3.05, 3.63) is 71.3 Å². The number of amidine groups is 1. The zero-order valence-electron chi connectivity index (χ0n) is 19.7. The summed E-state index contributed by atoms with van der Waals surface area (Å²) in [6.45, 7) is 5.05. The topological polar surface area (TPSA) is 59.7 Å². The van der Waals surface area contributed by atoms with Gasteiger partial charge in [-0.05, 0) is 54.3 Å². The largest absolute Gasteiger partial charge is 0.378 e. The average molecular weight is 505 g/mol. The summed E-state index contributed by atoms with van der Waals surface area (Å²) in [7, 11) is 0. The molecule has 6 nitrogen and oxygen atoms in total. The van der Waals surface area contributed by atoms with Crippen LogP contribution in [0.1, 0.15) is 25.3 Å². The summed E-state index contributed by atoms with van der Waals surface area (Å²) in [5.41, 5.74) is 3.74. The molecule has 0 bridgehead atoms. The van der Waals surface area contributed by atoms with E-state index in [9.17, 15) is 4.79 Å². The van der Waals surface area contributed by atoms with E-state index in [1.165, 1.54) is 29.5 Å². The summed E-state index contributed by atoms with van der Waals surface area (Å²) in [5, 5.41) is 5.67. The Morgan fingerprint density at radius 1 is 1.09 bits per heavy atom. The number of para-hydroxylation sites is 1. The molecule has 0 unspecified atom stereocenters. The molecule has 0 atom stereocenters. The Kier molecular flexibility index (Phi) is 7.71. The van der Waals surface area contributed by atoms with Crippen LogP contribution in [0, 0.1) is 0 Å². The van der Waals surface area contributed by atoms with E-state index in [1.54, 1.807) is 0 Å². The maximum absolute atomic E-state index is 12.8. The number of thioether (sulfide) groups is 2. The van der Waals surface area contributed by atoms with Crippen LogP contribution in [0.2, 0.25) is 0 Å². The molecule has 8 heteroatoms. The van der Waals surface area contributed by atoms with Crippen molar-refractivity contribution in [2.24, 2.45) is 4.99 Å². The minimum Gasteiger partial charge on any atom is -0.378 e. The highest BCUT2D eigenvalue weighted by molar-refractivity contribution is 8.18. The quantitative estimate of drug-likeness (QED) is 0.233. The molecule has 0 radical (unpaired) electrons. The fourth-order valence-electron chi connectivity index (χ4n) is 3.90. The van der Waals surface area contributed by atoms with Crippen molar-refractivity contribution in [1.29, 1.82) is 0 Å². The minimum absolute atomic E-state index is 0.197. The predicted molar refractivity (Wildman–Crippen MR) is 145 cm³/mol. The SMILES string of the molecule is CCCCSc1ccc(-c2nn(-c3ccccc3)cc2/C=C2\SC(N3CCOCC3)=NC2=O)cc1. The number of ether oxygens (including phenoxy) is 1. The molecule has 35 heavy (non-hydrogen) atoms. The van der Waals surface area contributed by atoms with Crippen LogP contribution >= 0.6 is 23.5 Å². The molecule has 2 aromatic carbocycles. The number of benzene rings is 2. The van der Waals surface area contributed by atoms with Crippen LogP contribution in [-0.4, -0.2) is 57.8 Å². The van der Waals surface area contributed by atoms with Crippen molar-refractivity contribution in [2.75, 3.05) is 32.1 Å². The van der Waals surface area contributed by atoms with Gasteiger partial charge in [-0.15, -0.1) is 11.8 Å². The van der Waals surface area contributed by atoms with Crippen molar-refractivity contribution >= 4 is 40.7 Å². The third kappa shape index (κ3) is 5.72. The number of aromatic nitrogens is 2. The van der Waals surface area contributed by atoms with Gasteiger partial charge in [0.2, 0.25) is 0 Å². The van der Waals surface area contributed by atoms with Gasteiger partial charge in [-0.1, -0.05) is 43.7 Å². The molecule has 1 aromatic heterocycles. The van der Waals surface area contributed by atoms with Gasteiger partial charge in [-0.3, -0.25) is 4.79 Å². The number of rotatable bonds is 7. The third-order valence-corrected chi connectivity index (χ3v) is 7.98. The molecular weight excluding hydrogens is 476 g/mol. The molecule has 180 valence electrons. The van der Waals surface area contributed by atoms with Crippen LogP contribution in [0.4, 0.5) is 0 Å². The van der Waals surface area contributed by atoms with E-state index in [0.717, 1.165) is 46.5 Å². The summed E-state index contributed by atoms with van der Waals surface area (Å²) in [6, 6.07) is 18.6. The Labute approximate surface area is 214 Å². The molecule has 1 fully saturated rings. The first kappa shape index (κ1) is 23.9. The van der Waals surface area contributed by atoms with E-state index < -0.39 is 0 Å². The molecule has 0 saturated carbocycles. The molecule has 0 aliphatic carbocycles. The lowest BCUT2D eigenvalue weighted by Crippen LogP contribution is -2.38. The fraction of sp³-hybridized carbons (Fsp3) is 0.296. The summed E-state index contributed by atoms with van der Waals surface area (Å²) >= 11 is 3.32. The summed E-state index contributed by atoms with van der Waals surface area (Å²) in [4.78, 5) is 21.1. The number of aliphatic imine (C=N–C) groups is 1. The summed E-state index contributed by atoms with van der Waals surface area (Å²) < 4.78 is 7.31. The molecule has 1 saturated heterocycles. The molecule has 3 aromatic rings. The van der Waals surface area contributed by atoms with Gasteiger partial charge in [-0.25, -0.2) is 4.68 Å². The number of carbonyl (C=O) groups excluding carboxylic acids is 1. The van der Waals surface area contributed by atoms with Crippen LogP contribution in [0.25, 0.3) is 23.0 Å². The van der Waals surface area contributed by atoms with E-state index in [4.69, 9.17) is 9.84 Å². The van der Waals surface area contributed by atoms with Crippen molar-refractivity contribution in [3.63, 3.8) is 0 Å². The number of nitrogens with zero attached hydrogens (tertiary/aromatic N) is 4. The van der Waals surface area contributed by atoms with Gasteiger partial charge in [0.25, 0.3) is 5.91 Å². The number of amides is 1. The molecule has 2 aliphatic rings. The molecular formula is C27H28N4O2S2. The zero-order valence-corrected chi connectivity index (χ0v) is 21.4. The first-order valence-corrected chi connectivity index (χ1v) is 13.7. The Balaban J connectivity index is 1.45. The standard InChI is InChI=1S/C27H28N4O2S2/c1-2-3-17-34-23-11-9-20(10-12-23)25-21(19-31(29-25)22-7-5-4-6-8-22)18-24-26(32)28-27(35-24)30-13-15-33-16-14-30/h4-12,18-19H,2-3,13-17H2,1H3/b24-18-. The molecule has 0 spiro atoms. The maximum atomic E-state index is 12.8. The van der Waals surface area contributed by atoms with Gasteiger partial charge in [0.15, 0.2) is 5.17 Å². The second-order valence-electron chi connectivity index (χ2n) is 8.35. The zero-order chi connectivity index (χ0) is 24.0. The highest BCUT2D eigenvalue weighted by atomic mass is 32.2. The maximum Gasteiger partial charge on any atom is 0.286 e. The van der Waals surface area contributed by atoms with Crippen molar-refractivity contribution < 1.29 is 9.53 Å². The Morgan fingerprint density at radius 2 is 1.86 bits per heavy atom. The first-order valence-electron chi connectivity index (χ1n) is 11.9. The van der Waals surface area contributed by atoms with Crippen LogP contribution in [0.3, 0.4) is 0 Å². The average Bonchev–Trinajstić information content (AvgIpc) is 3.49. The number of morpholine rings is 1. The Morgan fingerprint density at radius 3 is 2.60 bits per heavy atom. The Bertz CT molecular complexity index is 1230. The van der Waals surface area contributed by atoms with Crippen molar-refractivity contribution in [3.8, 4) is 16.9 Å². The van der Waals surface area contributed by atoms with Crippen LogP contribution in [-0.2, 0) is 9.53 Å². The second kappa shape index (κ2) is 11.3. The number of unbranched alkanes of at least 4 members (excludes halogenated alkanes) is 1. The number of carbonyl (C=O) groups is 1. The van der Waals surface area contributed by atoms with Gasteiger partial charge in [0.1, 0.15) is 0 Å². The van der Waals surface area contributed by atoms with Crippen molar-refractivity contribution in [2.45, 2.75) is 24.7 Å². The fourth-order valence-corrected chi connectivity index (χ4v) is 5.86. The number of hydrogen-bond donors (Lipinski definition) is 0. The minimum atomic E-state index is -0.197. The lowest BCUT2D eigenvalue weighted by Gasteiger charge is -2.27. The van der Waals surface area contributed by atoms with Gasteiger partial charge >= 0.3 is 0 Å².